The fraction of sp³-hybridized carbons (Fsp3) is 0.200. The number of carboxylic acid groups (broad SMARTS) is 1. The largest absolute Gasteiger partial charge is 0.478 e. The summed E-state index contributed by atoms with van der Waals surface area (Å²) in [5.41, 5.74) is 3.65. The van der Waals surface area contributed by atoms with E-state index >= 15 is 0 Å². The molecule has 0 radical (unpaired) electrons. The number of rotatable bonds is 4. The summed E-state index contributed by atoms with van der Waals surface area (Å²) in [6, 6.07) is 15.9. The van der Waals surface area contributed by atoms with Gasteiger partial charge in [0.25, 0.3) is 0 Å². The number of fused-ring (bicyclic) bond motifs is 1. The minimum atomic E-state index is -0.967. The van der Waals surface area contributed by atoms with Crippen LogP contribution in [0, 0.1) is 0 Å². The van der Waals surface area contributed by atoms with Crippen molar-refractivity contribution < 1.29 is 9.90 Å². The van der Waals surface area contributed by atoms with Crippen LogP contribution in [0.5, 0.6) is 0 Å². The Kier molecular flexibility index (Phi) is 4.21. The van der Waals surface area contributed by atoms with E-state index in [0.29, 0.717) is 11.6 Å². The van der Waals surface area contributed by atoms with Gasteiger partial charge in [0.15, 0.2) is 0 Å². The molecule has 0 unspecified atom stereocenters. The highest BCUT2D eigenvalue weighted by Crippen LogP contribution is 2.33. The molecule has 0 saturated heterocycles. The van der Waals surface area contributed by atoms with Gasteiger partial charge in [0, 0.05) is 35.9 Å². The molecule has 1 aromatic heterocycles. The van der Waals surface area contributed by atoms with E-state index in [0.717, 1.165) is 22.2 Å². The summed E-state index contributed by atoms with van der Waals surface area (Å²) in [5, 5.41) is 10.5. The zero-order valence-electron chi connectivity index (χ0n) is 14.0. The summed E-state index contributed by atoms with van der Waals surface area (Å²) in [7, 11) is 2.03. The van der Waals surface area contributed by atoms with Crippen LogP contribution < -0.4 is 4.90 Å². The van der Waals surface area contributed by atoms with E-state index in [1.807, 2.05) is 55.6 Å². The maximum atomic E-state index is 11.7. The van der Waals surface area contributed by atoms with Gasteiger partial charge in [-0.3, -0.25) is 4.98 Å². The van der Waals surface area contributed by atoms with Crippen molar-refractivity contribution in [1.29, 1.82) is 0 Å². The number of anilines is 1. The third-order valence-corrected chi connectivity index (χ3v) is 4.33. The van der Waals surface area contributed by atoms with Crippen LogP contribution in [-0.2, 0) is 0 Å². The van der Waals surface area contributed by atoms with Crippen molar-refractivity contribution in [3.63, 3.8) is 0 Å². The molecular weight excluding hydrogens is 300 g/mol. The number of nitrogens with zero attached hydrogens (tertiary/aromatic N) is 2. The Morgan fingerprint density at radius 2 is 1.83 bits per heavy atom. The average molecular weight is 320 g/mol. The summed E-state index contributed by atoms with van der Waals surface area (Å²) in [4.78, 5) is 18.2. The van der Waals surface area contributed by atoms with Gasteiger partial charge in [0.1, 0.15) is 0 Å². The number of aromatic carboxylic acids is 1. The first-order chi connectivity index (χ1) is 11.5. The average Bonchev–Trinajstić information content (AvgIpc) is 2.60. The van der Waals surface area contributed by atoms with Crippen LogP contribution in [-0.4, -0.2) is 29.1 Å². The highest BCUT2D eigenvalue weighted by molar-refractivity contribution is 6.06. The molecule has 4 nitrogen and oxygen atoms in total. The molecule has 122 valence electrons. The van der Waals surface area contributed by atoms with E-state index in [1.54, 1.807) is 0 Å². The maximum Gasteiger partial charge on any atom is 0.337 e. The van der Waals surface area contributed by atoms with E-state index in [1.165, 1.54) is 6.20 Å². The molecular formula is C20H20N2O2. The predicted octanol–water partition coefficient (Wildman–Crippen LogP) is 4.44. The predicted molar refractivity (Wildman–Crippen MR) is 97.7 cm³/mol. The quantitative estimate of drug-likeness (QED) is 0.772. The normalized spacial score (nSPS) is 11.0. The molecule has 0 spiro atoms. The lowest BCUT2D eigenvalue weighted by atomic mass is 9.96. The number of hydrogen-bond donors (Lipinski definition) is 1. The minimum absolute atomic E-state index is 0.220. The Morgan fingerprint density at radius 3 is 2.46 bits per heavy atom. The van der Waals surface area contributed by atoms with Crippen LogP contribution in [0.4, 0.5) is 5.69 Å². The van der Waals surface area contributed by atoms with E-state index in [2.05, 4.69) is 23.7 Å². The molecule has 3 rings (SSSR count). The summed E-state index contributed by atoms with van der Waals surface area (Å²) in [6.45, 7) is 4.24. The topological polar surface area (TPSA) is 53.4 Å². The van der Waals surface area contributed by atoms with Gasteiger partial charge in [0.05, 0.1) is 11.1 Å². The molecule has 1 heterocycles. The van der Waals surface area contributed by atoms with E-state index in [9.17, 15) is 9.90 Å². The maximum absolute atomic E-state index is 11.7. The third-order valence-electron chi connectivity index (χ3n) is 4.33. The minimum Gasteiger partial charge on any atom is -0.478 e. The van der Waals surface area contributed by atoms with Gasteiger partial charge in [-0.05, 0) is 37.6 Å². The summed E-state index contributed by atoms with van der Waals surface area (Å²) < 4.78 is 0. The molecule has 0 saturated carbocycles. The van der Waals surface area contributed by atoms with Crippen LogP contribution >= 0.6 is 0 Å². The molecule has 1 N–H and O–H groups in total. The molecule has 0 fully saturated rings. The highest BCUT2D eigenvalue weighted by atomic mass is 16.4. The monoisotopic (exact) mass is 320 g/mol. The number of benzene rings is 2. The van der Waals surface area contributed by atoms with E-state index in [-0.39, 0.29) is 5.56 Å². The summed E-state index contributed by atoms with van der Waals surface area (Å²) in [5.74, 6) is -0.967. The lowest BCUT2D eigenvalue weighted by Gasteiger charge is -2.24. The number of hydrogen-bond acceptors (Lipinski definition) is 3. The number of carbonyl (C=O) groups is 1. The number of carboxylic acids is 1. The molecule has 4 heteroatoms. The Morgan fingerprint density at radius 1 is 1.12 bits per heavy atom. The first-order valence-electron chi connectivity index (χ1n) is 7.93. The fourth-order valence-electron chi connectivity index (χ4n) is 2.78. The Labute approximate surface area is 141 Å². The van der Waals surface area contributed by atoms with E-state index in [4.69, 9.17) is 0 Å². The standard InChI is InChI=1S/C20H20N2O2/c1-13(2)22(3)15-9-10-18-16(11-15)19(14-7-5-4-6-8-14)17(12-21-18)20(23)24/h4-13H,1-3H3,(H,23,24). The van der Waals surface area contributed by atoms with Gasteiger partial charge >= 0.3 is 5.97 Å². The number of aromatic nitrogens is 1. The Bertz CT molecular complexity index is 889. The zero-order chi connectivity index (χ0) is 17.3. The van der Waals surface area contributed by atoms with Gasteiger partial charge in [-0.25, -0.2) is 4.79 Å². The summed E-state index contributed by atoms with van der Waals surface area (Å²) in [6.07, 6.45) is 1.44. The molecule has 0 bridgehead atoms. The van der Waals surface area contributed by atoms with Crippen LogP contribution in [0.25, 0.3) is 22.0 Å². The first-order valence-corrected chi connectivity index (χ1v) is 7.93. The van der Waals surface area contributed by atoms with Crippen LogP contribution in [0.1, 0.15) is 24.2 Å². The van der Waals surface area contributed by atoms with Crippen molar-refractivity contribution in [2.24, 2.45) is 0 Å². The van der Waals surface area contributed by atoms with Crippen LogP contribution in [0.3, 0.4) is 0 Å². The molecule has 0 amide bonds. The van der Waals surface area contributed by atoms with Gasteiger partial charge in [-0.1, -0.05) is 30.3 Å². The van der Waals surface area contributed by atoms with Crippen molar-refractivity contribution in [2.45, 2.75) is 19.9 Å². The van der Waals surface area contributed by atoms with Gasteiger partial charge in [0.2, 0.25) is 0 Å². The first kappa shape index (κ1) is 16.0. The van der Waals surface area contributed by atoms with Crippen molar-refractivity contribution >= 4 is 22.6 Å². The number of pyridine rings is 1. The van der Waals surface area contributed by atoms with Crippen LogP contribution in [0.2, 0.25) is 0 Å². The SMILES string of the molecule is CC(C)N(C)c1ccc2ncc(C(=O)O)c(-c3ccccc3)c2c1. The fourth-order valence-corrected chi connectivity index (χ4v) is 2.78. The van der Waals surface area contributed by atoms with Crippen molar-refractivity contribution in [3.05, 3.63) is 60.3 Å². The lowest BCUT2D eigenvalue weighted by molar-refractivity contribution is 0.0697. The molecule has 0 aliphatic heterocycles. The Balaban J connectivity index is 2.33. The molecule has 0 aliphatic carbocycles. The lowest BCUT2D eigenvalue weighted by Crippen LogP contribution is -2.25. The molecule has 24 heavy (non-hydrogen) atoms. The van der Waals surface area contributed by atoms with Gasteiger partial charge in [-0.15, -0.1) is 0 Å². The smallest absolute Gasteiger partial charge is 0.337 e. The van der Waals surface area contributed by atoms with Crippen molar-refractivity contribution in [3.8, 4) is 11.1 Å². The molecule has 0 atom stereocenters. The second kappa shape index (κ2) is 6.32. The van der Waals surface area contributed by atoms with Crippen LogP contribution in [0.15, 0.2) is 54.7 Å². The van der Waals surface area contributed by atoms with Crippen molar-refractivity contribution in [2.75, 3.05) is 11.9 Å². The second-order valence-electron chi connectivity index (χ2n) is 6.12. The van der Waals surface area contributed by atoms with Gasteiger partial charge < -0.3 is 10.0 Å². The zero-order valence-corrected chi connectivity index (χ0v) is 14.0. The van der Waals surface area contributed by atoms with Gasteiger partial charge in [-0.2, -0.15) is 0 Å². The summed E-state index contributed by atoms with van der Waals surface area (Å²) >= 11 is 0. The third kappa shape index (κ3) is 2.83. The molecule has 0 aliphatic rings. The molecule has 3 aromatic rings. The van der Waals surface area contributed by atoms with Crippen molar-refractivity contribution in [1.82, 2.24) is 4.98 Å². The molecule has 2 aromatic carbocycles. The highest BCUT2D eigenvalue weighted by Gasteiger charge is 2.17. The second-order valence-corrected chi connectivity index (χ2v) is 6.12. The Hall–Kier alpha value is -2.88. The van der Waals surface area contributed by atoms with E-state index < -0.39 is 5.97 Å².